The van der Waals surface area contributed by atoms with Gasteiger partial charge in [-0.25, -0.2) is 4.79 Å². The van der Waals surface area contributed by atoms with E-state index in [4.69, 9.17) is 0 Å². The van der Waals surface area contributed by atoms with Crippen LogP contribution in [0.1, 0.15) is 58.5 Å². The number of carboxylic acids is 1. The normalized spacial score (nSPS) is 10.7. The number of carbonyl (C=O) groups is 2. The third-order valence-corrected chi connectivity index (χ3v) is 3.31. The van der Waals surface area contributed by atoms with E-state index in [0.29, 0.717) is 23.6 Å². The van der Waals surface area contributed by atoms with Crippen LogP contribution in [0.4, 0.5) is 0 Å². The molecule has 0 aliphatic heterocycles. The molecule has 1 aromatic carbocycles. The number of amides is 1. The Kier molecular flexibility index (Phi) is 5.74. The van der Waals surface area contributed by atoms with Crippen molar-refractivity contribution in [1.82, 2.24) is 5.32 Å². The van der Waals surface area contributed by atoms with Crippen LogP contribution in [0.15, 0.2) is 12.1 Å². The summed E-state index contributed by atoms with van der Waals surface area (Å²) >= 11 is 0. The Bertz CT molecular complexity index is 507. The average molecular weight is 277 g/mol. The zero-order chi connectivity index (χ0) is 15.3. The van der Waals surface area contributed by atoms with Crippen molar-refractivity contribution < 1.29 is 14.7 Å². The van der Waals surface area contributed by atoms with E-state index in [9.17, 15) is 14.7 Å². The summed E-state index contributed by atoms with van der Waals surface area (Å²) in [6.07, 6.45) is 1.94. The summed E-state index contributed by atoms with van der Waals surface area (Å²) in [4.78, 5) is 23.6. The Balaban J connectivity index is 2.87. The van der Waals surface area contributed by atoms with Crippen LogP contribution in [0.5, 0.6) is 0 Å². The fourth-order valence-electron chi connectivity index (χ4n) is 2.18. The smallest absolute Gasteiger partial charge is 0.336 e. The second kappa shape index (κ2) is 7.08. The minimum absolute atomic E-state index is 0.103. The van der Waals surface area contributed by atoms with Gasteiger partial charge in [-0.3, -0.25) is 4.79 Å². The van der Waals surface area contributed by atoms with E-state index >= 15 is 0 Å². The van der Waals surface area contributed by atoms with Crippen molar-refractivity contribution in [2.24, 2.45) is 5.92 Å². The molecule has 0 saturated carbocycles. The molecule has 0 spiro atoms. The van der Waals surface area contributed by atoms with Crippen molar-refractivity contribution in [1.29, 1.82) is 0 Å². The van der Waals surface area contributed by atoms with Crippen LogP contribution >= 0.6 is 0 Å². The van der Waals surface area contributed by atoms with Crippen LogP contribution < -0.4 is 5.32 Å². The number of rotatable bonds is 6. The van der Waals surface area contributed by atoms with Gasteiger partial charge in [-0.2, -0.15) is 0 Å². The largest absolute Gasteiger partial charge is 0.478 e. The van der Waals surface area contributed by atoms with Crippen molar-refractivity contribution in [3.8, 4) is 0 Å². The maximum Gasteiger partial charge on any atom is 0.336 e. The van der Waals surface area contributed by atoms with Gasteiger partial charge in [0, 0.05) is 6.54 Å². The molecule has 1 amide bonds. The van der Waals surface area contributed by atoms with Crippen LogP contribution in [0.2, 0.25) is 0 Å². The minimum atomic E-state index is -1.06. The molecule has 0 aromatic heterocycles. The summed E-state index contributed by atoms with van der Waals surface area (Å²) in [5, 5.41) is 12.1. The first-order valence-corrected chi connectivity index (χ1v) is 6.96. The maximum atomic E-state index is 12.2. The van der Waals surface area contributed by atoms with E-state index < -0.39 is 5.97 Å². The first-order chi connectivity index (χ1) is 9.34. The van der Waals surface area contributed by atoms with Gasteiger partial charge < -0.3 is 10.4 Å². The molecule has 0 radical (unpaired) electrons. The summed E-state index contributed by atoms with van der Waals surface area (Å²) < 4.78 is 0. The second-order valence-electron chi connectivity index (χ2n) is 5.55. The number of aryl methyl sites for hydroxylation is 2. The molecule has 4 heteroatoms. The SMILES string of the molecule is Cc1ccc(C)c(C(=O)NCCCC(C)C)c1C(=O)O. The molecule has 0 bridgehead atoms. The highest BCUT2D eigenvalue weighted by Crippen LogP contribution is 2.19. The molecule has 1 rings (SSSR count). The van der Waals surface area contributed by atoms with Gasteiger partial charge in [-0.05, 0) is 43.7 Å². The fourth-order valence-corrected chi connectivity index (χ4v) is 2.18. The van der Waals surface area contributed by atoms with Gasteiger partial charge in [-0.15, -0.1) is 0 Å². The van der Waals surface area contributed by atoms with E-state index in [2.05, 4.69) is 19.2 Å². The lowest BCUT2D eigenvalue weighted by Gasteiger charge is -2.13. The molecule has 0 saturated heterocycles. The summed E-state index contributed by atoms with van der Waals surface area (Å²) in [5.74, 6) is -0.756. The highest BCUT2D eigenvalue weighted by atomic mass is 16.4. The summed E-state index contributed by atoms with van der Waals surface area (Å²) in [5.41, 5.74) is 1.68. The number of carbonyl (C=O) groups excluding carboxylic acids is 1. The molecule has 20 heavy (non-hydrogen) atoms. The van der Waals surface area contributed by atoms with Crippen LogP contribution in [0, 0.1) is 19.8 Å². The van der Waals surface area contributed by atoms with Crippen LogP contribution in [-0.4, -0.2) is 23.5 Å². The van der Waals surface area contributed by atoms with Crippen molar-refractivity contribution in [2.75, 3.05) is 6.54 Å². The van der Waals surface area contributed by atoms with Gasteiger partial charge in [0.05, 0.1) is 11.1 Å². The Morgan fingerprint density at radius 2 is 1.70 bits per heavy atom. The molecular weight excluding hydrogens is 254 g/mol. The predicted molar refractivity (Wildman–Crippen MR) is 79.3 cm³/mol. The van der Waals surface area contributed by atoms with Gasteiger partial charge in [0.25, 0.3) is 5.91 Å². The Morgan fingerprint density at radius 3 is 2.20 bits per heavy atom. The van der Waals surface area contributed by atoms with Gasteiger partial charge in [0.15, 0.2) is 0 Å². The summed E-state index contributed by atoms with van der Waals surface area (Å²) in [6, 6.07) is 3.51. The molecule has 0 heterocycles. The van der Waals surface area contributed by atoms with Crippen molar-refractivity contribution in [2.45, 2.75) is 40.5 Å². The molecule has 110 valence electrons. The molecular formula is C16H23NO3. The quantitative estimate of drug-likeness (QED) is 0.785. The van der Waals surface area contributed by atoms with Crippen molar-refractivity contribution in [3.63, 3.8) is 0 Å². The molecule has 0 atom stereocenters. The van der Waals surface area contributed by atoms with E-state index in [-0.39, 0.29) is 17.0 Å². The summed E-state index contributed by atoms with van der Waals surface area (Å²) in [6.45, 7) is 8.31. The van der Waals surface area contributed by atoms with Gasteiger partial charge in [0.2, 0.25) is 0 Å². The van der Waals surface area contributed by atoms with Gasteiger partial charge in [0.1, 0.15) is 0 Å². The van der Waals surface area contributed by atoms with E-state index in [1.165, 1.54) is 0 Å². The molecule has 0 aliphatic carbocycles. The fraction of sp³-hybridized carbons (Fsp3) is 0.500. The maximum absolute atomic E-state index is 12.2. The Labute approximate surface area is 120 Å². The third kappa shape index (κ3) is 4.08. The number of carboxylic acid groups (broad SMARTS) is 1. The van der Waals surface area contributed by atoms with Crippen LogP contribution in [-0.2, 0) is 0 Å². The highest BCUT2D eigenvalue weighted by molar-refractivity contribution is 6.06. The minimum Gasteiger partial charge on any atom is -0.478 e. The van der Waals surface area contributed by atoms with E-state index in [1.54, 1.807) is 26.0 Å². The van der Waals surface area contributed by atoms with Crippen molar-refractivity contribution >= 4 is 11.9 Å². The Morgan fingerprint density at radius 1 is 1.15 bits per heavy atom. The number of benzene rings is 1. The molecule has 0 fully saturated rings. The van der Waals surface area contributed by atoms with E-state index in [1.807, 2.05) is 0 Å². The first-order valence-electron chi connectivity index (χ1n) is 6.96. The highest BCUT2D eigenvalue weighted by Gasteiger charge is 2.20. The second-order valence-corrected chi connectivity index (χ2v) is 5.55. The van der Waals surface area contributed by atoms with Crippen molar-refractivity contribution in [3.05, 3.63) is 34.4 Å². The first kappa shape index (κ1) is 16.2. The molecule has 4 nitrogen and oxygen atoms in total. The number of aromatic carboxylic acids is 1. The topological polar surface area (TPSA) is 66.4 Å². The Hall–Kier alpha value is -1.84. The van der Waals surface area contributed by atoms with Crippen LogP contribution in [0.25, 0.3) is 0 Å². The lowest BCUT2D eigenvalue weighted by atomic mass is 9.96. The monoisotopic (exact) mass is 277 g/mol. The predicted octanol–water partition coefficient (Wildman–Crippen LogP) is 3.17. The van der Waals surface area contributed by atoms with E-state index in [0.717, 1.165) is 12.8 Å². The van der Waals surface area contributed by atoms with Crippen LogP contribution in [0.3, 0.4) is 0 Å². The molecule has 0 unspecified atom stereocenters. The zero-order valence-corrected chi connectivity index (χ0v) is 12.6. The van der Waals surface area contributed by atoms with Gasteiger partial charge >= 0.3 is 5.97 Å². The molecule has 2 N–H and O–H groups in total. The average Bonchev–Trinajstić information content (AvgIpc) is 2.36. The standard InChI is InChI=1S/C16H23NO3/c1-10(2)6-5-9-17-15(18)13-11(3)7-8-12(4)14(13)16(19)20/h7-8,10H,5-6,9H2,1-4H3,(H,17,18)(H,19,20). The number of hydrogen-bond donors (Lipinski definition) is 2. The summed E-state index contributed by atoms with van der Waals surface area (Å²) in [7, 11) is 0. The molecule has 0 aliphatic rings. The lowest BCUT2D eigenvalue weighted by Crippen LogP contribution is -2.28. The zero-order valence-electron chi connectivity index (χ0n) is 12.6. The lowest BCUT2D eigenvalue weighted by molar-refractivity contribution is 0.0690. The molecule has 1 aromatic rings. The third-order valence-electron chi connectivity index (χ3n) is 3.31. The number of nitrogens with one attached hydrogen (secondary N) is 1. The van der Waals surface area contributed by atoms with Gasteiger partial charge in [-0.1, -0.05) is 26.0 Å². The number of hydrogen-bond acceptors (Lipinski definition) is 2.